The average Bonchev–Trinajstić information content (AvgIpc) is 2.58. The summed E-state index contributed by atoms with van der Waals surface area (Å²) in [7, 11) is 0. The average molecular weight is 153 g/mol. The minimum atomic E-state index is 0.183. The fourth-order valence-corrected chi connectivity index (χ4v) is 1.34. The Kier molecular flexibility index (Phi) is 1.85. The third-order valence-electron chi connectivity index (χ3n) is 1.94. The van der Waals surface area contributed by atoms with Crippen molar-refractivity contribution in [2.75, 3.05) is 6.61 Å². The third-order valence-corrected chi connectivity index (χ3v) is 1.94. The molecule has 2 heterocycles. The molecule has 4 heteroatoms. The van der Waals surface area contributed by atoms with Crippen molar-refractivity contribution in [2.24, 2.45) is 0 Å². The highest BCUT2D eigenvalue weighted by atomic mass is 16.5. The van der Waals surface area contributed by atoms with Crippen molar-refractivity contribution in [3.63, 3.8) is 0 Å². The molecule has 1 aliphatic heterocycles. The topological polar surface area (TPSA) is 50.8 Å². The van der Waals surface area contributed by atoms with Crippen LogP contribution in [0.15, 0.2) is 6.20 Å². The van der Waals surface area contributed by atoms with Crippen LogP contribution in [-0.2, 0) is 4.74 Å². The van der Waals surface area contributed by atoms with Crippen molar-refractivity contribution in [2.45, 2.75) is 25.4 Å². The van der Waals surface area contributed by atoms with Crippen LogP contribution in [0.2, 0.25) is 0 Å². The summed E-state index contributed by atoms with van der Waals surface area (Å²) in [5.41, 5.74) is 0.935. The van der Waals surface area contributed by atoms with E-state index in [0.29, 0.717) is 0 Å². The molecular weight excluding hydrogens is 142 g/mol. The van der Waals surface area contributed by atoms with Crippen LogP contribution in [0.4, 0.5) is 0 Å². The Morgan fingerprint density at radius 2 is 2.55 bits per heavy atom. The lowest BCUT2D eigenvalue weighted by molar-refractivity contribution is 0.0123. The van der Waals surface area contributed by atoms with Crippen LogP contribution in [0.25, 0.3) is 0 Å². The molecule has 1 aromatic heterocycles. The van der Waals surface area contributed by atoms with Crippen molar-refractivity contribution >= 4 is 0 Å². The van der Waals surface area contributed by atoms with E-state index in [0.717, 1.165) is 18.7 Å². The van der Waals surface area contributed by atoms with E-state index in [1.54, 1.807) is 6.20 Å². The van der Waals surface area contributed by atoms with Gasteiger partial charge in [0.15, 0.2) is 0 Å². The van der Waals surface area contributed by atoms with E-state index in [4.69, 9.17) is 4.74 Å². The van der Waals surface area contributed by atoms with Crippen LogP contribution in [0.5, 0.6) is 0 Å². The van der Waals surface area contributed by atoms with Gasteiger partial charge in [0.25, 0.3) is 0 Å². The zero-order valence-electron chi connectivity index (χ0n) is 6.29. The molecule has 0 bridgehead atoms. The van der Waals surface area contributed by atoms with E-state index in [9.17, 15) is 0 Å². The van der Waals surface area contributed by atoms with Gasteiger partial charge in [0.05, 0.1) is 6.20 Å². The van der Waals surface area contributed by atoms with Gasteiger partial charge in [-0.2, -0.15) is 15.4 Å². The van der Waals surface area contributed by atoms with Crippen molar-refractivity contribution in [1.29, 1.82) is 0 Å². The van der Waals surface area contributed by atoms with E-state index >= 15 is 0 Å². The number of ether oxygens (including phenoxy) is 1. The number of aromatic nitrogens is 3. The van der Waals surface area contributed by atoms with Crippen LogP contribution in [-0.4, -0.2) is 22.0 Å². The van der Waals surface area contributed by atoms with Gasteiger partial charge in [0.2, 0.25) is 0 Å². The first-order chi connectivity index (χ1) is 5.47. The van der Waals surface area contributed by atoms with E-state index in [-0.39, 0.29) is 6.10 Å². The first-order valence-corrected chi connectivity index (χ1v) is 3.94. The molecule has 1 aliphatic rings. The minimum Gasteiger partial charge on any atom is -0.372 e. The molecule has 0 radical (unpaired) electrons. The summed E-state index contributed by atoms with van der Waals surface area (Å²) < 4.78 is 5.50. The Hall–Kier alpha value is -0.900. The van der Waals surface area contributed by atoms with Crippen LogP contribution in [0.3, 0.4) is 0 Å². The summed E-state index contributed by atoms with van der Waals surface area (Å²) in [5, 5.41) is 10.3. The van der Waals surface area contributed by atoms with Gasteiger partial charge in [0.1, 0.15) is 11.8 Å². The van der Waals surface area contributed by atoms with E-state index in [2.05, 4.69) is 15.4 Å². The second-order valence-electron chi connectivity index (χ2n) is 2.75. The van der Waals surface area contributed by atoms with Gasteiger partial charge in [-0.25, -0.2) is 0 Å². The van der Waals surface area contributed by atoms with Gasteiger partial charge in [-0.1, -0.05) is 0 Å². The van der Waals surface area contributed by atoms with Crippen molar-refractivity contribution in [3.05, 3.63) is 11.9 Å². The largest absolute Gasteiger partial charge is 0.372 e. The first-order valence-electron chi connectivity index (χ1n) is 3.94. The molecule has 1 atom stereocenters. The molecule has 0 saturated carbocycles. The SMILES string of the molecule is c1n[nH]nc1C1CCCCO1. The quantitative estimate of drug-likeness (QED) is 0.656. The van der Waals surface area contributed by atoms with E-state index < -0.39 is 0 Å². The smallest absolute Gasteiger partial charge is 0.111 e. The summed E-state index contributed by atoms with van der Waals surface area (Å²) >= 11 is 0. The van der Waals surface area contributed by atoms with Crippen LogP contribution < -0.4 is 0 Å². The number of nitrogens with zero attached hydrogens (tertiary/aromatic N) is 2. The molecule has 1 saturated heterocycles. The molecule has 11 heavy (non-hydrogen) atoms. The molecule has 4 nitrogen and oxygen atoms in total. The number of H-pyrrole nitrogens is 1. The second-order valence-corrected chi connectivity index (χ2v) is 2.75. The summed E-state index contributed by atoms with van der Waals surface area (Å²) in [6.07, 6.45) is 5.40. The highest BCUT2D eigenvalue weighted by Crippen LogP contribution is 2.25. The zero-order valence-corrected chi connectivity index (χ0v) is 6.29. The van der Waals surface area contributed by atoms with Gasteiger partial charge in [-0.05, 0) is 19.3 Å². The van der Waals surface area contributed by atoms with Crippen LogP contribution in [0, 0.1) is 0 Å². The maximum absolute atomic E-state index is 5.50. The van der Waals surface area contributed by atoms with Crippen molar-refractivity contribution in [3.8, 4) is 0 Å². The molecule has 1 aromatic rings. The van der Waals surface area contributed by atoms with Crippen LogP contribution in [0.1, 0.15) is 31.1 Å². The molecule has 0 aromatic carbocycles. The maximum atomic E-state index is 5.50. The van der Waals surface area contributed by atoms with Gasteiger partial charge < -0.3 is 4.74 Å². The summed E-state index contributed by atoms with van der Waals surface area (Å²) in [6.45, 7) is 0.859. The lowest BCUT2D eigenvalue weighted by Gasteiger charge is -2.19. The lowest BCUT2D eigenvalue weighted by atomic mass is 10.1. The molecule has 60 valence electrons. The number of aromatic amines is 1. The Bertz CT molecular complexity index is 203. The molecule has 2 rings (SSSR count). The monoisotopic (exact) mass is 153 g/mol. The molecule has 0 spiro atoms. The van der Waals surface area contributed by atoms with Gasteiger partial charge in [-0.3, -0.25) is 0 Å². The minimum absolute atomic E-state index is 0.183. The van der Waals surface area contributed by atoms with E-state index in [1.807, 2.05) is 0 Å². The van der Waals surface area contributed by atoms with Gasteiger partial charge >= 0.3 is 0 Å². The Labute approximate surface area is 64.9 Å². The van der Waals surface area contributed by atoms with Crippen LogP contribution >= 0.6 is 0 Å². The summed E-state index contributed by atoms with van der Waals surface area (Å²) in [5.74, 6) is 0. The van der Waals surface area contributed by atoms with Crippen molar-refractivity contribution < 1.29 is 4.74 Å². The number of hydrogen-bond acceptors (Lipinski definition) is 3. The highest BCUT2D eigenvalue weighted by Gasteiger charge is 2.17. The predicted octanol–water partition coefficient (Wildman–Crippen LogP) is 1.05. The Morgan fingerprint density at radius 1 is 1.55 bits per heavy atom. The second kappa shape index (κ2) is 3.00. The van der Waals surface area contributed by atoms with E-state index in [1.165, 1.54) is 12.8 Å². The lowest BCUT2D eigenvalue weighted by Crippen LogP contribution is -2.11. The molecule has 1 unspecified atom stereocenters. The number of nitrogens with one attached hydrogen (secondary N) is 1. The number of rotatable bonds is 1. The highest BCUT2D eigenvalue weighted by molar-refractivity contribution is 4.96. The first kappa shape index (κ1) is 6.79. The van der Waals surface area contributed by atoms with Gasteiger partial charge in [0, 0.05) is 6.61 Å². The molecule has 1 N–H and O–H groups in total. The summed E-state index contributed by atoms with van der Waals surface area (Å²) in [6, 6.07) is 0. The standard InChI is InChI=1S/C7H11N3O/c1-2-4-11-7(3-1)6-5-8-10-9-6/h5,7H,1-4H2,(H,8,9,10). The molecular formula is C7H11N3O. The molecule has 0 aliphatic carbocycles. The van der Waals surface area contributed by atoms with Gasteiger partial charge in [-0.15, -0.1) is 0 Å². The maximum Gasteiger partial charge on any atom is 0.111 e. The third kappa shape index (κ3) is 1.40. The fraction of sp³-hybridized carbons (Fsp3) is 0.714. The normalized spacial score (nSPS) is 25.3. The number of hydrogen-bond donors (Lipinski definition) is 1. The zero-order chi connectivity index (χ0) is 7.52. The molecule has 0 amide bonds. The Balaban J connectivity index is 2.04. The Morgan fingerprint density at radius 3 is 3.18 bits per heavy atom. The fourth-order valence-electron chi connectivity index (χ4n) is 1.34. The predicted molar refractivity (Wildman–Crippen MR) is 38.9 cm³/mol. The summed E-state index contributed by atoms with van der Waals surface area (Å²) in [4.78, 5) is 0. The van der Waals surface area contributed by atoms with Crippen molar-refractivity contribution in [1.82, 2.24) is 15.4 Å². The molecule has 1 fully saturated rings.